The van der Waals surface area contributed by atoms with Gasteiger partial charge >= 0.3 is 5.97 Å². The molecule has 12 heavy (non-hydrogen) atoms. The van der Waals surface area contributed by atoms with Crippen LogP contribution in [0.1, 0.15) is 12.1 Å². The van der Waals surface area contributed by atoms with E-state index >= 15 is 0 Å². The van der Waals surface area contributed by atoms with E-state index in [0.29, 0.717) is 17.8 Å². The summed E-state index contributed by atoms with van der Waals surface area (Å²) in [7, 11) is 0. The van der Waals surface area contributed by atoms with Crippen molar-refractivity contribution >= 4 is 11.7 Å². The SMILES string of the molecule is Nc1cccnc1CCC(=O)O. The molecule has 0 fully saturated rings. The molecule has 0 unspecified atom stereocenters. The second-order valence-electron chi connectivity index (χ2n) is 2.43. The van der Waals surface area contributed by atoms with E-state index in [0.717, 1.165) is 0 Å². The quantitative estimate of drug-likeness (QED) is 0.692. The first-order chi connectivity index (χ1) is 5.70. The summed E-state index contributed by atoms with van der Waals surface area (Å²) in [5.74, 6) is -0.833. The van der Waals surface area contributed by atoms with Crippen molar-refractivity contribution in [2.75, 3.05) is 5.73 Å². The average Bonchev–Trinajstić information content (AvgIpc) is 2.03. The molecule has 1 aromatic rings. The van der Waals surface area contributed by atoms with Gasteiger partial charge in [-0.2, -0.15) is 0 Å². The normalized spacial score (nSPS) is 9.67. The Balaban J connectivity index is 2.63. The summed E-state index contributed by atoms with van der Waals surface area (Å²) in [6, 6.07) is 3.43. The lowest BCUT2D eigenvalue weighted by Crippen LogP contribution is -2.02. The largest absolute Gasteiger partial charge is 0.481 e. The molecule has 0 aliphatic heterocycles. The highest BCUT2D eigenvalue weighted by atomic mass is 16.4. The number of aromatic nitrogens is 1. The maximum absolute atomic E-state index is 10.2. The fourth-order valence-electron chi connectivity index (χ4n) is 0.885. The van der Waals surface area contributed by atoms with E-state index in [9.17, 15) is 4.79 Å². The molecule has 0 amide bonds. The molecule has 0 spiro atoms. The van der Waals surface area contributed by atoms with Crippen molar-refractivity contribution in [2.24, 2.45) is 0 Å². The molecule has 1 heterocycles. The second kappa shape index (κ2) is 3.71. The number of hydrogen-bond donors (Lipinski definition) is 2. The summed E-state index contributed by atoms with van der Waals surface area (Å²) in [4.78, 5) is 14.2. The minimum Gasteiger partial charge on any atom is -0.481 e. The van der Waals surface area contributed by atoms with Crippen molar-refractivity contribution in [3.8, 4) is 0 Å². The van der Waals surface area contributed by atoms with Crippen LogP contribution < -0.4 is 5.73 Å². The van der Waals surface area contributed by atoms with Crippen LogP contribution in [0.3, 0.4) is 0 Å². The van der Waals surface area contributed by atoms with Gasteiger partial charge in [-0.25, -0.2) is 0 Å². The molecule has 64 valence electrons. The zero-order chi connectivity index (χ0) is 8.97. The minimum atomic E-state index is -0.833. The van der Waals surface area contributed by atoms with Crippen LogP contribution in [-0.2, 0) is 11.2 Å². The Hall–Kier alpha value is -1.58. The van der Waals surface area contributed by atoms with E-state index in [-0.39, 0.29) is 6.42 Å². The molecular formula is C8H10N2O2. The van der Waals surface area contributed by atoms with Gasteiger partial charge in [-0.15, -0.1) is 0 Å². The Bertz CT molecular complexity index is 286. The Morgan fingerprint density at radius 2 is 2.42 bits per heavy atom. The molecule has 4 nitrogen and oxygen atoms in total. The van der Waals surface area contributed by atoms with E-state index in [1.54, 1.807) is 18.3 Å². The fourth-order valence-corrected chi connectivity index (χ4v) is 0.885. The van der Waals surface area contributed by atoms with Gasteiger partial charge in [-0.3, -0.25) is 9.78 Å². The Kier molecular flexibility index (Phi) is 2.63. The van der Waals surface area contributed by atoms with Crippen LogP contribution in [0.4, 0.5) is 5.69 Å². The first-order valence-electron chi connectivity index (χ1n) is 3.61. The molecule has 1 aromatic heterocycles. The van der Waals surface area contributed by atoms with Gasteiger partial charge in [0.15, 0.2) is 0 Å². The third kappa shape index (κ3) is 2.23. The van der Waals surface area contributed by atoms with Crippen LogP contribution in [0.5, 0.6) is 0 Å². The third-order valence-corrected chi connectivity index (χ3v) is 1.50. The molecule has 0 saturated heterocycles. The number of aliphatic carboxylic acids is 1. The number of carbonyl (C=O) groups is 1. The predicted octanol–water partition coefficient (Wildman–Crippen LogP) is 0.681. The van der Waals surface area contributed by atoms with Crippen molar-refractivity contribution in [1.29, 1.82) is 0 Å². The highest BCUT2D eigenvalue weighted by molar-refractivity contribution is 5.67. The second-order valence-corrected chi connectivity index (χ2v) is 2.43. The summed E-state index contributed by atoms with van der Waals surface area (Å²) in [6.07, 6.45) is 2.07. The number of carboxylic acids is 1. The lowest BCUT2D eigenvalue weighted by molar-refractivity contribution is -0.136. The van der Waals surface area contributed by atoms with Gasteiger partial charge in [0.2, 0.25) is 0 Å². The first kappa shape index (κ1) is 8.52. The van der Waals surface area contributed by atoms with Crippen molar-refractivity contribution in [3.63, 3.8) is 0 Å². The fraction of sp³-hybridized carbons (Fsp3) is 0.250. The lowest BCUT2D eigenvalue weighted by Gasteiger charge is -2.00. The minimum absolute atomic E-state index is 0.0706. The smallest absolute Gasteiger partial charge is 0.303 e. The van der Waals surface area contributed by atoms with Gasteiger partial charge in [0.05, 0.1) is 17.8 Å². The van der Waals surface area contributed by atoms with Gasteiger partial charge in [0, 0.05) is 12.6 Å². The molecule has 0 radical (unpaired) electrons. The Labute approximate surface area is 70.0 Å². The third-order valence-electron chi connectivity index (χ3n) is 1.50. The summed E-state index contributed by atoms with van der Waals surface area (Å²) in [5.41, 5.74) is 6.76. The topological polar surface area (TPSA) is 76.2 Å². The average molecular weight is 166 g/mol. The molecule has 0 aromatic carbocycles. The van der Waals surface area contributed by atoms with Gasteiger partial charge in [0.1, 0.15) is 0 Å². The molecule has 0 aliphatic carbocycles. The zero-order valence-electron chi connectivity index (χ0n) is 6.53. The van der Waals surface area contributed by atoms with Crippen LogP contribution >= 0.6 is 0 Å². The summed E-state index contributed by atoms with van der Waals surface area (Å²) in [6.45, 7) is 0. The van der Waals surface area contributed by atoms with Crippen LogP contribution in [0.25, 0.3) is 0 Å². The van der Waals surface area contributed by atoms with Crippen molar-refractivity contribution in [1.82, 2.24) is 4.98 Å². The summed E-state index contributed by atoms with van der Waals surface area (Å²) < 4.78 is 0. The summed E-state index contributed by atoms with van der Waals surface area (Å²) in [5, 5.41) is 8.40. The van der Waals surface area contributed by atoms with Crippen molar-refractivity contribution in [2.45, 2.75) is 12.8 Å². The summed E-state index contributed by atoms with van der Waals surface area (Å²) >= 11 is 0. The van der Waals surface area contributed by atoms with E-state index in [1.165, 1.54) is 0 Å². The van der Waals surface area contributed by atoms with Crippen LogP contribution in [0, 0.1) is 0 Å². The number of carboxylic acid groups (broad SMARTS) is 1. The van der Waals surface area contributed by atoms with Crippen LogP contribution in [0.2, 0.25) is 0 Å². The van der Waals surface area contributed by atoms with Gasteiger partial charge in [-0.1, -0.05) is 0 Å². The number of nitrogens with zero attached hydrogens (tertiary/aromatic N) is 1. The number of nitrogen functional groups attached to an aromatic ring is 1. The maximum atomic E-state index is 10.2. The molecule has 0 aliphatic rings. The molecule has 0 atom stereocenters. The number of anilines is 1. The van der Waals surface area contributed by atoms with E-state index in [2.05, 4.69) is 4.98 Å². The van der Waals surface area contributed by atoms with E-state index < -0.39 is 5.97 Å². The number of nitrogens with two attached hydrogens (primary N) is 1. The first-order valence-corrected chi connectivity index (χ1v) is 3.61. The van der Waals surface area contributed by atoms with E-state index in [4.69, 9.17) is 10.8 Å². The van der Waals surface area contributed by atoms with E-state index in [1.807, 2.05) is 0 Å². The zero-order valence-corrected chi connectivity index (χ0v) is 6.53. The molecule has 4 heteroatoms. The van der Waals surface area contributed by atoms with Crippen LogP contribution in [0.15, 0.2) is 18.3 Å². The predicted molar refractivity (Wildman–Crippen MR) is 44.6 cm³/mol. The van der Waals surface area contributed by atoms with Crippen LogP contribution in [-0.4, -0.2) is 16.1 Å². The molecule has 0 saturated carbocycles. The molecule has 0 bridgehead atoms. The highest BCUT2D eigenvalue weighted by Gasteiger charge is 2.02. The molecular weight excluding hydrogens is 156 g/mol. The van der Waals surface area contributed by atoms with Crippen molar-refractivity contribution < 1.29 is 9.90 Å². The Morgan fingerprint density at radius 1 is 1.67 bits per heavy atom. The van der Waals surface area contributed by atoms with Gasteiger partial charge in [-0.05, 0) is 12.1 Å². The molecule has 3 N–H and O–H groups in total. The monoisotopic (exact) mass is 166 g/mol. The standard InChI is InChI=1S/C8H10N2O2/c9-6-2-1-5-10-7(6)3-4-8(11)12/h1-2,5H,3-4,9H2,(H,11,12). The Morgan fingerprint density at radius 3 is 3.00 bits per heavy atom. The number of aryl methyl sites for hydroxylation is 1. The maximum Gasteiger partial charge on any atom is 0.303 e. The number of pyridine rings is 1. The van der Waals surface area contributed by atoms with Gasteiger partial charge < -0.3 is 10.8 Å². The molecule has 1 rings (SSSR count). The van der Waals surface area contributed by atoms with Crippen molar-refractivity contribution in [3.05, 3.63) is 24.0 Å². The lowest BCUT2D eigenvalue weighted by atomic mass is 10.2. The highest BCUT2D eigenvalue weighted by Crippen LogP contribution is 2.08. The number of hydrogen-bond acceptors (Lipinski definition) is 3. The number of rotatable bonds is 3. The van der Waals surface area contributed by atoms with Gasteiger partial charge in [0.25, 0.3) is 0 Å².